The molecule has 1 aromatic carbocycles. The van der Waals surface area contributed by atoms with Gasteiger partial charge >= 0.3 is 0 Å². The molecule has 0 saturated heterocycles. The Morgan fingerprint density at radius 3 is 2.33 bits per heavy atom. The minimum atomic E-state index is -0.894. The highest BCUT2D eigenvalue weighted by Gasteiger charge is 2.40. The molecule has 0 aromatic heterocycles. The standard InChI is InChI=1S/C14H18BrF2N/c1-8-5-9(2)7-14(18,6-8)12-11(16)4-3-10(15)13(12)17/h3-4,8-9H,5-7,18H2,1-2H3. The van der Waals surface area contributed by atoms with Gasteiger partial charge in [0, 0.05) is 11.1 Å². The zero-order valence-electron chi connectivity index (χ0n) is 10.6. The van der Waals surface area contributed by atoms with Crippen molar-refractivity contribution in [2.24, 2.45) is 17.6 Å². The summed E-state index contributed by atoms with van der Waals surface area (Å²) in [5.74, 6) is -0.327. The maximum Gasteiger partial charge on any atom is 0.145 e. The van der Waals surface area contributed by atoms with Crippen LogP contribution in [-0.4, -0.2) is 0 Å². The molecule has 1 nitrogen and oxygen atoms in total. The summed E-state index contributed by atoms with van der Waals surface area (Å²) in [6.45, 7) is 4.18. The molecule has 1 saturated carbocycles. The van der Waals surface area contributed by atoms with Gasteiger partial charge in [0.05, 0.1) is 4.47 Å². The number of rotatable bonds is 1. The van der Waals surface area contributed by atoms with Crippen LogP contribution in [0.4, 0.5) is 8.78 Å². The van der Waals surface area contributed by atoms with E-state index in [0.29, 0.717) is 24.7 Å². The lowest BCUT2D eigenvalue weighted by Crippen LogP contribution is -2.45. The molecule has 0 heterocycles. The molecule has 1 aliphatic rings. The Kier molecular flexibility index (Phi) is 3.79. The van der Waals surface area contributed by atoms with Crippen LogP contribution < -0.4 is 5.73 Å². The van der Waals surface area contributed by atoms with Crippen LogP contribution in [0.1, 0.15) is 38.7 Å². The van der Waals surface area contributed by atoms with Crippen LogP contribution in [0, 0.1) is 23.5 Å². The number of hydrogen-bond donors (Lipinski definition) is 1. The Bertz CT molecular complexity index is 451. The normalized spacial score (nSPS) is 32.6. The van der Waals surface area contributed by atoms with Gasteiger partial charge in [0.15, 0.2) is 0 Å². The van der Waals surface area contributed by atoms with Crippen molar-refractivity contribution in [3.63, 3.8) is 0 Å². The molecule has 0 aliphatic heterocycles. The first-order valence-electron chi connectivity index (χ1n) is 6.26. The molecular formula is C14H18BrF2N. The Morgan fingerprint density at radius 1 is 1.22 bits per heavy atom. The number of benzene rings is 1. The summed E-state index contributed by atoms with van der Waals surface area (Å²) in [5, 5.41) is 0. The molecule has 0 radical (unpaired) electrons. The second-order valence-corrected chi connectivity index (χ2v) is 6.58. The summed E-state index contributed by atoms with van der Waals surface area (Å²) in [6.07, 6.45) is 2.32. The SMILES string of the molecule is CC1CC(C)CC(N)(c2c(F)ccc(Br)c2F)C1. The molecule has 1 aromatic rings. The molecule has 2 N–H and O–H groups in total. The molecule has 1 fully saturated rings. The van der Waals surface area contributed by atoms with Crippen molar-refractivity contribution in [3.05, 3.63) is 33.8 Å². The van der Waals surface area contributed by atoms with Crippen LogP contribution in [0.15, 0.2) is 16.6 Å². The van der Waals surface area contributed by atoms with Crippen LogP contribution in [0.3, 0.4) is 0 Å². The van der Waals surface area contributed by atoms with Gasteiger partial charge in [-0.1, -0.05) is 13.8 Å². The van der Waals surface area contributed by atoms with E-state index in [-0.39, 0.29) is 10.0 Å². The Morgan fingerprint density at radius 2 is 1.78 bits per heavy atom. The Balaban J connectivity index is 2.50. The van der Waals surface area contributed by atoms with E-state index in [1.807, 2.05) is 0 Å². The quantitative estimate of drug-likeness (QED) is 0.766. The molecule has 0 spiro atoms. The lowest BCUT2D eigenvalue weighted by Gasteiger charge is -2.40. The number of halogens is 3. The van der Waals surface area contributed by atoms with Crippen molar-refractivity contribution in [2.45, 2.75) is 38.6 Å². The molecule has 2 unspecified atom stereocenters. The minimum Gasteiger partial charge on any atom is -0.321 e. The van der Waals surface area contributed by atoms with Crippen LogP contribution in [0.25, 0.3) is 0 Å². The van der Waals surface area contributed by atoms with Gasteiger partial charge < -0.3 is 5.73 Å². The maximum absolute atomic E-state index is 14.2. The molecule has 0 amide bonds. The molecule has 18 heavy (non-hydrogen) atoms. The summed E-state index contributed by atoms with van der Waals surface area (Å²) in [6, 6.07) is 2.66. The maximum atomic E-state index is 14.2. The lowest BCUT2D eigenvalue weighted by molar-refractivity contribution is 0.175. The summed E-state index contributed by atoms with van der Waals surface area (Å²) in [5.41, 5.74) is 5.47. The van der Waals surface area contributed by atoms with Gasteiger partial charge in [-0.05, 0) is 59.2 Å². The number of hydrogen-bond acceptors (Lipinski definition) is 1. The third kappa shape index (κ3) is 2.45. The van der Waals surface area contributed by atoms with Gasteiger partial charge in [-0.15, -0.1) is 0 Å². The molecule has 100 valence electrons. The fourth-order valence-electron chi connectivity index (χ4n) is 3.37. The fraction of sp³-hybridized carbons (Fsp3) is 0.571. The van der Waals surface area contributed by atoms with E-state index in [1.54, 1.807) is 0 Å². The molecule has 2 rings (SSSR count). The summed E-state index contributed by atoms with van der Waals surface area (Å²) < 4.78 is 28.4. The smallest absolute Gasteiger partial charge is 0.145 e. The van der Waals surface area contributed by atoms with Gasteiger partial charge in [-0.25, -0.2) is 8.78 Å². The molecule has 1 aliphatic carbocycles. The predicted molar refractivity (Wildman–Crippen MR) is 72.1 cm³/mol. The fourth-order valence-corrected chi connectivity index (χ4v) is 3.70. The first kappa shape index (κ1) is 13.9. The second-order valence-electron chi connectivity index (χ2n) is 5.73. The third-order valence-electron chi connectivity index (χ3n) is 3.77. The summed E-state index contributed by atoms with van der Waals surface area (Å²) in [7, 11) is 0. The van der Waals surface area contributed by atoms with Gasteiger partial charge in [0.2, 0.25) is 0 Å². The highest BCUT2D eigenvalue weighted by molar-refractivity contribution is 9.10. The van der Waals surface area contributed by atoms with E-state index in [9.17, 15) is 8.78 Å². The van der Waals surface area contributed by atoms with Crippen LogP contribution in [0.5, 0.6) is 0 Å². The van der Waals surface area contributed by atoms with E-state index in [0.717, 1.165) is 6.42 Å². The van der Waals surface area contributed by atoms with E-state index < -0.39 is 17.2 Å². The molecule has 4 heteroatoms. The van der Waals surface area contributed by atoms with Crippen molar-refractivity contribution in [1.82, 2.24) is 0 Å². The van der Waals surface area contributed by atoms with Crippen molar-refractivity contribution < 1.29 is 8.78 Å². The van der Waals surface area contributed by atoms with Gasteiger partial charge in [0.25, 0.3) is 0 Å². The predicted octanol–water partition coefficient (Wildman–Crippen LogP) is 4.34. The molecular weight excluding hydrogens is 300 g/mol. The second kappa shape index (κ2) is 4.89. The van der Waals surface area contributed by atoms with E-state index in [2.05, 4.69) is 29.8 Å². The number of nitrogens with two attached hydrogens (primary N) is 1. The molecule has 0 bridgehead atoms. The largest absolute Gasteiger partial charge is 0.321 e. The first-order chi connectivity index (χ1) is 8.33. The third-order valence-corrected chi connectivity index (χ3v) is 4.38. The van der Waals surface area contributed by atoms with Crippen LogP contribution in [-0.2, 0) is 5.54 Å². The van der Waals surface area contributed by atoms with Crippen molar-refractivity contribution >= 4 is 15.9 Å². The molecule has 2 atom stereocenters. The first-order valence-corrected chi connectivity index (χ1v) is 7.05. The highest BCUT2D eigenvalue weighted by Crippen LogP contribution is 2.43. The minimum absolute atomic E-state index is 0.0373. The van der Waals surface area contributed by atoms with Crippen molar-refractivity contribution in [1.29, 1.82) is 0 Å². The van der Waals surface area contributed by atoms with Gasteiger partial charge in [-0.3, -0.25) is 0 Å². The van der Waals surface area contributed by atoms with E-state index in [1.165, 1.54) is 12.1 Å². The van der Waals surface area contributed by atoms with Crippen molar-refractivity contribution in [3.8, 4) is 0 Å². The van der Waals surface area contributed by atoms with Crippen molar-refractivity contribution in [2.75, 3.05) is 0 Å². The average Bonchev–Trinajstić information content (AvgIpc) is 2.21. The van der Waals surface area contributed by atoms with E-state index >= 15 is 0 Å². The Hall–Kier alpha value is -0.480. The van der Waals surface area contributed by atoms with Crippen LogP contribution >= 0.6 is 15.9 Å². The lowest BCUT2D eigenvalue weighted by atomic mass is 9.69. The average molecular weight is 318 g/mol. The summed E-state index contributed by atoms with van der Waals surface area (Å²) >= 11 is 3.10. The highest BCUT2D eigenvalue weighted by atomic mass is 79.9. The van der Waals surface area contributed by atoms with E-state index in [4.69, 9.17) is 5.73 Å². The van der Waals surface area contributed by atoms with Gasteiger partial charge in [0.1, 0.15) is 11.6 Å². The van der Waals surface area contributed by atoms with Gasteiger partial charge in [-0.2, -0.15) is 0 Å². The Labute approximate surface area is 115 Å². The topological polar surface area (TPSA) is 26.0 Å². The summed E-state index contributed by atoms with van der Waals surface area (Å²) in [4.78, 5) is 0. The monoisotopic (exact) mass is 317 g/mol. The zero-order valence-corrected chi connectivity index (χ0v) is 12.2. The zero-order chi connectivity index (χ0) is 13.5. The van der Waals surface area contributed by atoms with Crippen LogP contribution in [0.2, 0.25) is 0 Å².